The lowest BCUT2D eigenvalue weighted by Crippen LogP contribution is -2.43. The Balaban J connectivity index is 1.49. The zero-order chi connectivity index (χ0) is 20.9. The lowest BCUT2D eigenvalue weighted by molar-refractivity contribution is -0.130. The summed E-state index contributed by atoms with van der Waals surface area (Å²) in [6.07, 6.45) is 1.20. The Hall–Kier alpha value is -2.06. The van der Waals surface area contributed by atoms with Crippen molar-refractivity contribution in [1.82, 2.24) is 19.7 Å². The Morgan fingerprint density at radius 3 is 2.50 bits per heavy atom. The van der Waals surface area contributed by atoms with Crippen LogP contribution >= 0.6 is 11.8 Å². The minimum Gasteiger partial charge on any atom is -0.378 e. The third-order valence-electron chi connectivity index (χ3n) is 5.72. The third-order valence-corrected chi connectivity index (χ3v) is 6.67. The molecule has 1 aromatic heterocycles. The van der Waals surface area contributed by atoms with Crippen molar-refractivity contribution in [2.75, 3.05) is 50.0 Å². The molecule has 8 heteroatoms. The molecule has 7 nitrogen and oxygen atoms in total. The molecule has 0 aliphatic carbocycles. The minimum atomic E-state index is 0.195. The summed E-state index contributed by atoms with van der Waals surface area (Å²) in [7, 11) is 0. The average Bonchev–Trinajstić information content (AvgIpc) is 3.15. The second-order valence-corrected chi connectivity index (χ2v) is 9.43. The number of piperidine rings is 1. The average molecular weight is 430 g/mol. The van der Waals surface area contributed by atoms with E-state index in [4.69, 9.17) is 4.74 Å². The van der Waals surface area contributed by atoms with E-state index in [0.717, 1.165) is 37.3 Å². The number of carbonyl (C=O) groups excluding carboxylic acids is 1. The molecule has 3 heterocycles. The summed E-state index contributed by atoms with van der Waals surface area (Å²) in [4.78, 5) is 17.1. The minimum absolute atomic E-state index is 0.195. The number of rotatable bonds is 6. The fourth-order valence-corrected chi connectivity index (χ4v) is 5.21. The molecule has 162 valence electrons. The Labute approximate surface area is 182 Å². The van der Waals surface area contributed by atoms with E-state index in [2.05, 4.69) is 45.6 Å². The summed E-state index contributed by atoms with van der Waals surface area (Å²) >= 11 is 1.50. The van der Waals surface area contributed by atoms with Crippen molar-refractivity contribution >= 4 is 23.6 Å². The molecule has 2 fully saturated rings. The first-order chi connectivity index (χ1) is 14.6. The van der Waals surface area contributed by atoms with Crippen LogP contribution in [0.15, 0.2) is 35.5 Å². The molecule has 2 saturated heterocycles. The highest BCUT2D eigenvalue weighted by Crippen LogP contribution is 2.26. The number of nitrogens with zero attached hydrogens (tertiary/aromatic N) is 5. The summed E-state index contributed by atoms with van der Waals surface area (Å²) in [5.74, 6) is 2.59. The predicted octanol–water partition coefficient (Wildman–Crippen LogP) is 2.76. The quantitative estimate of drug-likeness (QED) is 0.658. The van der Waals surface area contributed by atoms with Crippen molar-refractivity contribution in [1.29, 1.82) is 0 Å². The highest BCUT2D eigenvalue weighted by atomic mass is 32.2. The van der Waals surface area contributed by atoms with Crippen LogP contribution in [0.1, 0.15) is 25.8 Å². The molecule has 2 unspecified atom stereocenters. The van der Waals surface area contributed by atoms with Crippen LogP contribution in [0.3, 0.4) is 0 Å². The third kappa shape index (κ3) is 5.16. The van der Waals surface area contributed by atoms with Crippen LogP contribution < -0.4 is 4.90 Å². The standard InChI is InChI=1S/C22H31N5O2S/c1-17-12-18(2)14-26(13-17)20(28)16-30-22-24-23-21(25-8-10-29-11-9-25)27(22)15-19-6-4-3-5-7-19/h3-7,17-18H,8-16H2,1-2H3. The van der Waals surface area contributed by atoms with E-state index < -0.39 is 0 Å². The molecule has 30 heavy (non-hydrogen) atoms. The number of amides is 1. The van der Waals surface area contributed by atoms with Gasteiger partial charge >= 0.3 is 0 Å². The van der Waals surface area contributed by atoms with Crippen LogP contribution in [0.25, 0.3) is 0 Å². The number of carbonyl (C=O) groups is 1. The fraction of sp³-hybridized carbons (Fsp3) is 0.591. The summed E-state index contributed by atoms with van der Waals surface area (Å²) in [6.45, 7) is 9.88. The predicted molar refractivity (Wildman–Crippen MR) is 119 cm³/mol. The van der Waals surface area contributed by atoms with Crippen LogP contribution in [-0.2, 0) is 16.1 Å². The molecule has 2 aromatic rings. The second kappa shape index (κ2) is 9.83. The van der Waals surface area contributed by atoms with Crippen molar-refractivity contribution in [2.24, 2.45) is 11.8 Å². The van der Waals surface area contributed by atoms with E-state index in [1.54, 1.807) is 0 Å². The Bertz CT molecular complexity index is 827. The van der Waals surface area contributed by atoms with Crippen molar-refractivity contribution < 1.29 is 9.53 Å². The molecule has 2 atom stereocenters. The maximum atomic E-state index is 12.9. The molecular formula is C22H31N5O2S. The normalized spacial score (nSPS) is 22.3. The zero-order valence-corrected chi connectivity index (χ0v) is 18.7. The Kier molecular flexibility index (Phi) is 6.94. The molecule has 1 amide bonds. The van der Waals surface area contributed by atoms with Crippen LogP contribution in [0, 0.1) is 11.8 Å². The van der Waals surface area contributed by atoms with Crippen LogP contribution in [0.5, 0.6) is 0 Å². The van der Waals surface area contributed by atoms with Gasteiger partial charge in [-0.2, -0.15) is 0 Å². The number of thioether (sulfide) groups is 1. The summed E-state index contributed by atoms with van der Waals surface area (Å²) < 4.78 is 7.63. The lowest BCUT2D eigenvalue weighted by Gasteiger charge is -2.35. The summed E-state index contributed by atoms with van der Waals surface area (Å²) in [5.41, 5.74) is 1.19. The molecule has 0 spiro atoms. The smallest absolute Gasteiger partial charge is 0.233 e. The number of aromatic nitrogens is 3. The first kappa shape index (κ1) is 21.2. The van der Waals surface area contributed by atoms with E-state index in [-0.39, 0.29) is 5.91 Å². The molecule has 2 aliphatic heterocycles. The largest absolute Gasteiger partial charge is 0.378 e. The van der Waals surface area contributed by atoms with Gasteiger partial charge in [0.2, 0.25) is 11.9 Å². The molecule has 1 aromatic carbocycles. The maximum absolute atomic E-state index is 12.9. The van der Waals surface area contributed by atoms with Crippen LogP contribution in [-0.4, -0.2) is 70.7 Å². The number of benzene rings is 1. The van der Waals surface area contributed by atoms with Crippen molar-refractivity contribution in [2.45, 2.75) is 32.0 Å². The van der Waals surface area contributed by atoms with Gasteiger partial charge in [0.05, 0.1) is 25.5 Å². The molecule has 0 radical (unpaired) electrons. The first-order valence-corrected chi connectivity index (χ1v) is 11.8. The van der Waals surface area contributed by atoms with Gasteiger partial charge in [-0.25, -0.2) is 0 Å². The van der Waals surface area contributed by atoms with E-state index in [1.807, 2.05) is 23.1 Å². The summed E-state index contributed by atoms with van der Waals surface area (Å²) in [5, 5.41) is 9.74. The van der Waals surface area contributed by atoms with Gasteiger partial charge in [0.1, 0.15) is 0 Å². The fourth-order valence-electron chi connectivity index (χ4n) is 4.37. The van der Waals surface area contributed by atoms with Gasteiger partial charge in [0, 0.05) is 26.2 Å². The zero-order valence-electron chi connectivity index (χ0n) is 17.9. The molecule has 0 saturated carbocycles. The number of anilines is 1. The molecule has 4 rings (SSSR count). The second-order valence-electron chi connectivity index (χ2n) is 8.49. The Morgan fingerprint density at radius 1 is 1.10 bits per heavy atom. The summed E-state index contributed by atoms with van der Waals surface area (Å²) in [6, 6.07) is 10.3. The SMILES string of the molecule is CC1CC(C)CN(C(=O)CSc2nnc(N3CCOCC3)n2Cc2ccccc2)C1. The van der Waals surface area contributed by atoms with Crippen molar-refractivity contribution in [3.05, 3.63) is 35.9 Å². The van der Waals surface area contributed by atoms with Crippen LogP contribution in [0.2, 0.25) is 0 Å². The number of ether oxygens (including phenoxy) is 1. The van der Waals surface area contributed by atoms with Gasteiger partial charge in [-0.15, -0.1) is 10.2 Å². The van der Waals surface area contributed by atoms with Gasteiger partial charge in [-0.05, 0) is 23.8 Å². The maximum Gasteiger partial charge on any atom is 0.233 e. The van der Waals surface area contributed by atoms with Crippen molar-refractivity contribution in [3.63, 3.8) is 0 Å². The topological polar surface area (TPSA) is 63.5 Å². The van der Waals surface area contributed by atoms with Gasteiger partial charge < -0.3 is 14.5 Å². The van der Waals surface area contributed by atoms with Gasteiger partial charge in [-0.1, -0.05) is 55.9 Å². The van der Waals surface area contributed by atoms with E-state index >= 15 is 0 Å². The number of hydrogen-bond acceptors (Lipinski definition) is 6. The van der Waals surface area contributed by atoms with Crippen LogP contribution in [0.4, 0.5) is 5.95 Å². The number of morpholine rings is 1. The highest BCUT2D eigenvalue weighted by Gasteiger charge is 2.26. The van der Waals surface area contributed by atoms with Gasteiger partial charge in [-0.3, -0.25) is 9.36 Å². The Morgan fingerprint density at radius 2 is 1.80 bits per heavy atom. The van der Waals surface area contributed by atoms with E-state index in [0.29, 0.717) is 37.3 Å². The molecule has 0 bridgehead atoms. The van der Waals surface area contributed by atoms with E-state index in [9.17, 15) is 4.79 Å². The van der Waals surface area contributed by atoms with Crippen molar-refractivity contribution in [3.8, 4) is 0 Å². The van der Waals surface area contributed by atoms with Gasteiger partial charge in [0.15, 0.2) is 5.16 Å². The number of hydrogen-bond donors (Lipinski definition) is 0. The molecule has 2 aliphatic rings. The first-order valence-electron chi connectivity index (χ1n) is 10.8. The van der Waals surface area contributed by atoms with Gasteiger partial charge in [0.25, 0.3) is 0 Å². The van der Waals surface area contributed by atoms with E-state index in [1.165, 1.54) is 23.7 Å². The lowest BCUT2D eigenvalue weighted by atomic mass is 9.92. The highest BCUT2D eigenvalue weighted by molar-refractivity contribution is 7.99. The number of likely N-dealkylation sites (tertiary alicyclic amines) is 1. The monoisotopic (exact) mass is 429 g/mol. The molecule has 0 N–H and O–H groups in total. The molecular weight excluding hydrogens is 398 g/mol.